The smallest absolute Gasteiger partial charge is 0.224 e. The molecule has 1 amide bonds. The van der Waals surface area contributed by atoms with Gasteiger partial charge in [0.05, 0.1) is 0 Å². The highest BCUT2D eigenvalue weighted by Crippen LogP contribution is 2.30. The predicted octanol–water partition coefficient (Wildman–Crippen LogP) is 1.28. The molecule has 0 aromatic carbocycles. The van der Waals surface area contributed by atoms with Crippen molar-refractivity contribution in [2.75, 3.05) is 7.05 Å². The van der Waals surface area contributed by atoms with E-state index in [4.69, 9.17) is 0 Å². The molecule has 1 saturated heterocycles. The van der Waals surface area contributed by atoms with E-state index in [0.29, 0.717) is 19.3 Å². The molecule has 0 bridgehead atoms. The Bertz CT molecular complexity index is 215. The van der Waals surface area contributed by atoms with Gasteiger partial charge in [-0.3, -0.25) is 4.79 Å². The van der Waals surface area contributed by atoms with Crippen molar-refractivity contribution >= 4 is 5.91 Å². The molecule has 0 aromatic rings. The van der Waals surface area contributed by atoms with Gasteiger partial charge in [-0.25, -0.2) is 0 Å². The second kappa shape index (κ2) is 3.92. The Kier molecular flexibility index (Phi) is 3.09. The summed E-state index contributed by atoms with van der Waals surface area (Å²) in [4.78, 5) is 12.6. The van der Waals surface area contributed by atoms with Gasteiger partial charge >= 0.3 is 0 Å². The minimum Gasteiger partial charge on any atom is -0.371 e. The number of unbranched alkanes of at least 4 members (excludes halogenated alkanes) is 1. The first-order chi connectivity index (χ1) is 6.10. The van der Waals surface area contributed by atoms with Crippen LogP contribution in [0.5, 0.6) is 0 Å². The Labute approximate surface area is 79.0 Å². The number of hydrogen-bond donors (Lipinski definition) is 1. The summed E-state index contributed by atoms with van der Waals surface area (Å²) >= 11 is 0. The zero-order valence-corrected chi connectivity index (χ0v) is 8.12. The minimum absolute atomic E-state index is 0.0427. The molecule has 0 spiro atoms. The molecule has 74 valence electrons. The largest absolute Gasteiger partial charge is 0.371 e. The Morgan fingerprint density at radius 2 is 2.46 bits per heavy atom. The predicted molar refractivity (Wildman–Crippen MR) is 51.0 cm³/mol. The van der Waals surface area contributed by atoms with Crippen molar-refractivity contribution in [3.05, 3.63) is 12.7 Å². The lowest BCUT2D eigenvalue weighted by Crippen LogP contribution is -2.42. The zero-order chi connectivity index (χ0) is 9.90. The fourth-order valence-electron chi connectivity index (χ4n) is 1.70. The monoisotopic (exact) mass is 183 g/mol. The van der Waals surface area contributed by atoms with E-state index in [1.54, 1.807) is 7.05 Å². The third kappa shape index (κ3) is 2.10. The van der Waals surface area contributed by atoms with Crippen LogP contribution in [-0.2, 0) is 4.79 Å². The first-order valence-electron chi connectivity index (χ1n) is 4.70. The van der Waals surface area contributed by atoms with Crippen LogP contribution in [0.3, 0.4) is 0 Å². The van der Waals surface area contributed by atoms with Gasteiger partial charge in [0.25, 0.3) is 0 Å². The van der Waals surface area contributed by atoms with E-state index in [1.807, 2.05) is 6.08 Å². The number of hydrogen-bond acceptors (Lipinski definition) is 2. The van der Waals surface area contributed by atoms with E-state index in [1.165, 1.54) is 4.90 Å². The van der Waals surface area contributed by atoms with Crippen molar-refractivity contribution in [1.82, 2.24) is 4.90 Å². The lowest BCUT2D eigenvalue weighted by atomic mass is 10.0. The van der Waals surface area contributed by atoms with Gasteiger partial charge in [-0.1, -0.05) is 6.08 Å². The molecular formula is C10H17NO2. The molecule has 3 heteroatoms. The van der Waals surface area contributed by atoms with E-state index in [9.17, 15) is 9.90 Å². The first-order valence-corrected chi connectivity index (χ1v) is 4.70. The Morgan fingerprint density at radius 3 is 2.92 bits per heavy atom. The second-order valence-electron chi connectivity index (χ2n) is 3.62. The first kappa shape index (κ1) is 10.3. The molecule has 1 unspecified atom stereocenters. The minimum atomic E-state index is -0.889. The van der Waals surface area contributed by atoms with Crippen molar-refractivity contribution in [1.29, 1.82) is 0 Å². The number of aliphatic hydroxyl groups is 1. The van der Waals surface area contributed by atoms with Gasteiger partial charge in [0.2, 0.25) is 5.91 Å². The maximum atomic E-state index is 11.2. The highest BCUT2D eigenvalue weighted by atomic mass is 16.3. The molecule has 1 rings (SSSR count). The van der Waals surface area contributed by atoms with Gasteiger partial charge < -0.3 is 10.0 Å². The van der Waals surface area contributed by atoms with Gasteiger partial charge in [0.1, 0.15) is 5.72 Å². The SMILES string of the molecule is C=CCCCC1(O)CCC(=O)N1C. The molecule has 0 radical (unpaired) electrons. The normalized spacial score (nSPS) is 28.2. The van der Waals surface area contributed by atoms with Crippen LogP contribution in [0.1, 0.15) is 32.1 Å². The van der Waals surface area contributed by atoms with Crippen molar-refractivity contribution in [2.24, 2.45) is 0 Å². The fourth-order valence-corrected chi connectivity index (χ4v) is 1.70. The summed E-state index contributed by atoms with van der Waals surface area (Å²) in [6, 6.07) is 0. The van der Waals surface area contributed by atoms with Crippen molar-refractivity contribution < 1.29 is 9.90 Å². The van der Waals surface area contributed by atoms with Gasteiger partial charge in [-0.2, -0.15) is 0 Å². The van der Waals surface area contributed by atoms with Crippen LogP contribution in [0.2, 0.25) is 0 Å². The number of likely N-dealkylation sites (tertiary alicyclic amines) is 1. The molecule has 1 heterocycles. The van der Waals surface area contributed by atoms with Crippen molar-refractivity contribution in [3.63, 3.8) is 0 Å². The molecule has 0 aromatic heterocycles. The number of amides is 1. The molecule has 0 aliphatic carbocycles. The van der Waals surface area contributed by atoms with Gasteiger partial charge in [-0.15, -0.1) is 6.58 Å². The van der Waals surface area contributed by atoms with Crippen molar-refractivity contribution in [2.45, 2.75) is 37.8 Å². The Morgan fingerprint density at radius 1 is 1.77 bits per heavy atom. The summed E-state index contributed by atoms with van der Waals surface area (Å²) in [5.41, 5.74) is -0.889. The van der Waals surface area contributed by atoms with Crippen LogP contribution >= 0.6 is 0 Å². The molecule has 0 saturated carbocycles. The topological polar surface area (TPSA) is 40.5 Å². The van der Waals surface area contributed by atoms with E-state index in [-0.39, 0.29) is 5.91 Å². The number of carbonyl (C=O) groups is 1. The summed E-state index contributed by atoms with van der Waals surface area (Å²) in [7, 11) is 1.67. The number of rotatable bonds is 4. The molecule has 1 N–H and O–H groups in total. The average Bonchev–Trinajstić information content (AvgIpc) is 2.35. The lowest BCUT2D eigenvalue weighted by Gasteiger charge is -2.30. The highest BCUT2D eigenvalue weighted by molar-refractivity contribution is 5.78. The Balaban J connectivity index is 2.46. The third-order valence-electron chi connectivity index (χ3n) is 2.72. The van der Waals surface area contributed by atoms with Crippen LogP contribution in [0.15, 0.2) is 12.7 Å². The highest BCUT2D eigenvalue weighted by Gasteiger charge is 2.40. The Hall–Kier alpha value is -0.830. The van der Waals surface area contributed by atoms with E-state index >= 15 is 0 Å². The molecule has 13 heavy (non-hydrogen) atoms. The van der Waals surface area contributed by atoms with E-state index in [0.717, 1.165) is 12.8 Å². The summed E-state index contributed by atoms with van der Waals surface area (Å²) in [6.07, 6.45) is 5.31. The molecule has 1 aliphatic heterocycles. The molecule has 3 nitrogen and oxygen atoms in total. The summed E-state index contributed by atoms with van der Waals surface area (Å²) in [5.74, 6) is 0.0427. The maximum Gasteiger partial charge on any atom is 0.224 e. The van der Waals surface area contributed by atoms with Crippen LogP contribution in [0, 0.1) is 0 Å². The molecule has 1 atom stereocenters. The van der Waals surface area contributed by atoms with Gasteiger partial charge in [0.15, 0.2) is 0 Å². The summed E-state index contributed by atoms with van der Waals surface area (Å²) in [5, 5.41) is 10.0. The number of nitrogens with zero attached hydrogens (tertiary/aromatic N) is 1. The summed E-state index contributed by atoms with van der Waals surface area (Å²) in [6.45, 7) is 3.62. The number of allylic oxidation sites excluding steroid dienone is 1. The molecular weight excluding hydrogens is 166 g/mol. The molecule has 1 aliphatic rings. The standard InChI is InChI=1S/C10H17NO2/c1-3-4-5-7-10(13)8-6-9(12)11(10)2/h3,13H,1,4-8H2,2H3. The second-order valence-corrected chi connectivity index (χ2v) is 3.62. The van der Waals surface area contributed by atoms with Crippen LogP contribution in [0.4, 0.5) is 0 Å². The van der Waals surface area contributed by atoms with E-state index < -0.39 is 5.72 Å². The average molecular weight is 183 g/mol. The zero-order valence-electron chi connectivity index (χ0n) is 8.12. The van der Waals surface area contributed by atoms with Crippen molar-refractivity contribution in [3.8, 4) is 0 Å². The van der Waals surface area contributed by atoms with Crippen LogP contribution < -0.4 is 0 Å². The maximum absolute atomic E-state index is 11.2. The molecule has 1 fully saturated rings. The summed E-state index contributed by atoms with van der Waals surface area (Å²) < 4.78 is 0. The number of carbonyl (C=O) groups excluding carboxylic acids is 1. The van der Waals surface area contributed by atoms with Crippen LogP contribution in [0.25, 0.3) is 0 Å². The van der Waals surface area contributed by atoms with Gasteiger partial charge in [-0.05, 0) is 19.3 Å². The fraction of sp³-hybridized carbons (Fsp3) is 0.700. The lowest BCUT2D eigenvalue weighted by molar-refractivity contribution is -0.142. The van der Waals surface area contributed by atoms with E-state index in [2.05, 4.69) is 6.58 Å². The quantitative estimate of drug-likeness (QED) is 0.527. The van der Waals surface area contributed by atoms with Crippen LogP contribution in [-0.4, -0.2) is 28.7 Å². The van der Waals surface area contributed by atoms with Gasteiger partial charge in [0, 0.05) is 19.9 Å². The third-order valence-corrected chi connectivity index (χ3v) is 2.72.